The van der Waals surface area contributed by atoms with Crippen LogP contribution in [-0.2, 0) is 9.59 Å². The molecule has 0 atom stereocenters. The number of carbonyl (C=O) groups is 2. The van der Waals surface area contributed by atoms with Crippen LogP contribution in [0, 0.1) is 0 Å². The quantitative estimate of drug-likeness (QED) is 0.876. The summed E-state index contributed by atoms with van der Waals surface area (Å²) in [6.07, 6.45) is 0. The maximum Gasteiger partial charge on any atom is 0.323 e. The van der Waals surface area contributed by atoms with E-state index >= 15 is 0 Å². The summed E-state index contributed by atoms with van der Waals surface area (Å²) in [5, 5.41) is 9.44. The van der Waals surface area contributed by atoms with Crippen molar-refractivity contribution in [1.82, 2.24) is 4.90 Å². The van der Waals surface area contributed by atoms with Crippen LogP contribution in [0.25, 0.3) is 0 Å². The highest BCUT2D eigenvalue weighted by Crippen LogP contribution is 2.24. The number of hydrogen-bond donors (Lipinski definition) is 1. The zero-order valence-electron chi connectivity index (χ0n) is 10.2. The lowest BCUT2D eigenvalue weighted by molar-refractivity contribution is -0.145. The van der Waals surface area contributed by atoms with Gasteiger partial charge in [0.1, 0.15) is 12.3 Å². The molecular formula is C12H13Cl2NO4. The third-order valence-electron chi connectivity index (χ3n) is 2.26. The van der Waals surface area contributed by atoms with Gasteiger partial charge in [-0.25, -0.2) is 0 Å². The van der Waals surface area contributed by atoms with Crippen LogP contribution in [0.1, 0.15) is 6.92 Å². The predicted molar refractivity (Wildman–Crippen MR) is 71.8 cm³/mol. The van der Waals surface area contributed by atoms with E-state index in [-0.39, 0.29) is 13.2 Å². The van der Waals surface area contributed by atoms with Crippen molar-refractivity contribution in [2.45, 2.75) is 6.92 Å². The summed E-state index contributed by atoms with van der Waals surface area (Å²) in [5.74, 6) is -1.13. The molecule has 5 nitrogen and oxygen atoms in total. The fraction of sp³-hybridized carbons (Fsp3) is 0.333. The molecule has 0 aliphatic rings. The maximum atomic E-state index is 11.7. The number of amides is 1. The summed E-state index contributed by atoms with van der Waals surface area (Å²) in [6, 6.07) is 4.59. The third-order valence-corrected chi connectivity index (χ3v) is 2.70. The molecule has 0 heterocycles. The van der Waals surface area contributed by atoms with Gasteiger partial charge >= 0.3 is 5.97 Å². The zero-order valence-corrected chi connectivity index (χ0v) is 11.7. The minimum atomic E-state index is -1.07. The molecule has 0 bridgehead atoms. The van der Waals surface area contributed by atoms with Crippen molar-refractivity contribution >= 4 is 35.1 Å². The van der Waals surface area contributed by atoms with Gasteiger partial charge in [-0.2, -0.15) is 0 Å². The number of benzene rings is 1. The zero-order chi connectivity index (χ0) is 14.4. The van der Waals surface area contributed by atoms with E-state index in [1.165, 1.54) is 17.0 Å². The van der Waals surface area contributed by atoms with Gasteiger partial charge in [-0.1, -0.05) is 23.2 Å². The second kappa shape index (κ2) is 7.21. The van der Waals surface area contributed by atoms with Gasteiger partial charge in [0.05, 0.1) is 0 Å². The van der Waals surface area contributed by atoms with Crippen LogP contribution in [0.15, 0.2) is 18.2 Å². The first-order chi connectivity index (χ1) is 8.92. The molecule has 0 spiro atoms. The number of carboxylic acids is 1. The topological polar surface area (TPSA) is 66.8 Å². The summed E-state index contributed by atoms with van der Waals surface area (Å²) in [5.41, 5.74) is 0. The van der Waals surface area contributed by atoms with Crippen LogP contribution >= 0.6 is 23.2 Å². The van der Waals surface area contributed by atoms with Crippen molar-refractivity contribution in [3.8, 4) is 5.75 Å². The van der Waals surface area contributed by atoms with E-state index in [0.29, 0.717) is 22.3 Å². The molecule has 0 unspecified atom stereocenters. The average molecular weight is 306 g/mol. The lowest BCUT2D eigenvalue weighted by Gasteiger charge is -2.18. The lowest BCUT2D eigenvalue weighted by Crippen LogP contribution is -2.38. The summed E-state index contributed by atoms with van der Waals surface area (Å²) < 4.78 is 5.24. The van der Waals surface area contributed by atoms with Gasteiger partial charge in [0.15, 0.2) is 6.61 Å². The molecule has 104 valence electrons. The van der Waals surface area contributed by atoms with Crippen molar-refractivity contribution in [1.29, 1.82) is 0 Å². The molecule has 1 N–H and O–H groups in total. The Hall–Kier alpha value is -1.46. The Balaban J connectivity index is 2.59. The smallest absolute Gasteiger partial charge is 0.323 e. The predicted octanol–water partition coefficient (Wildman–Crippen LogP) is 2.31. The van der Waals surface area contributed by atoms with Gasteiger partial charge < -0.3 is 14.7 Å². The highest BCUT2D eigenvalue weighted by atomic mass is 35.5. The molecule has 1 aromatic rings. The Bertz CT molecular complexity index is 459. The summed E-state index contributed by atoms with van der Waals surface area (Å²) in [6.45, 7) is 1.37. The van der Waals surface area contributed by atoms with E-state index in [0.717, 1.165) is 0 Å². The molecule has 0 aliphatic carbocycles. The molecule has 0 saturated carbocycles. The first kappa shape index (κ1) is 15.6. The van der Waals surface area contributed by atoms with Crippen molar-refractivity contribution in [2.24, 2.45) is 0 Å². The van der Waals surface area contributed by atoms with Crippen LogP contribution in [0.4, 0.5) is 0 Å². The van der Waals surface area contributed by atoms with Gasteiger partial charge in [-0.15, -0.1) is 0 Å². The van der Waals surface area contributed by atoms with E-state index in [1.807, 2.05) is 0 Å². The highest BCUT2D eigenvalue weighted by Gasteiger charge is 2.15. The second-order valence-electron chi connectivity index (χ2n) is 3.70. The summed E-state index contributed by atoms with van der Waals surface area (Å²) >= 11 is 11.6. The van der Waals surface area contributed by atoms with E-state index in [4.69, 9.17) is 33.0 Å². The Morgan fingerprint density at radius 3 is 2.32 bits per heavy atom. The Labute approximate surface area is 120 Å². The van der Waals surface area contributed by atoms with Crippen LogP contribution in [0.2, 0.25) is 10.0 Å². The molecule has 0 saturated heterocycles. The van der Waals surface area contributed by atoms with E-state index in [9.17, 15) is 9.59 Å². The number of ether oxygens (including phenoxy) is 1. The van der Waals surface area contributed by atoms with Gasteiger partial charge in [-0.05, 0) is 25.1 Å². The van der Waals surface area contributed by atoms with E-state index < -0.39 is 11.9 Å². The first-order valence-corrected chi connectivity index (χ1v) is 6.26. The molecule has 0 aliphatic heterocycles. The van der Waals surface area contributed by atoms with E-state index in [1.54, 1.807) is 13.0 Å². The number of nitrogens with zero attached hydrogens (tertiary/aromatic N) is 1. The third kappa shape index (κ3) is 5.36. The Morgan fingerprint density at radius 1 is 1.26 bits per heavy atom. The number of hydrogen-bond acceptors (Lipinski definition) is 3. The average Bonchev–Trinajstić information content (AvgIpc) is 2.31. The molecule has 0 fully saturated rings. The standard InChI is InChI=1S/C12H13Cl2NO4/c1-2-15(6-12(17)18)11(16)7-19-10-4-8(13)3-9(14)5-10/h3-5H,2,6-7H2,1H3,(H,17,18). The molecule has 1 rings (SSSR count). The number of likely N-dealkylation sites (N-methyl/N-ethyl adjacent to an activating group) is 1. The minimum absolute atomic E-state index is 0.266. The number of carbonyl (C=O) groups excluding carboxylic acids is 1. The summed E-state index contributed by atoms with van der Waals surface area (Å²) in [7, 11) is 0. The Kier molecular flexibility index (Phi) is 5.92. The molecule has 19 heavy (non-hydrogen) atoms. The number of aliphatic carboxylic acids is 1. The fourth-order valence-corrected chi connectivity index (χ4v) is 1.89. The van der Waals surface area contributed by atoms with Gasteiger partial charge in [0.25, 0.3) is 5.91 Å². The minimum Gasteiger partial charge on any atom is -0.484 e. The SMILES string of the molecule is CCN(CC(=O)O)C(=O)COc1cc(Cl)cc(Cl)c1. The fourth-order valence-electron chi connectivity index (χ4n) is 1.39. The molecule has 1 aromatic carbocycles. The normalized spacial score (nSPS) is 10.1. The van der Waals surface area contributed by atoms with Crippen LogP contribution in [-0.4, -0.2) is 41.6 Å². The lowest BCUT2D eigenvalue weighted by atomic mass is 10.3. The summed E-state index contributed by atoms with van der Waals surface area (Å²) in [4.78, 5) is 23.5. The largest absolute Gasteiger partial charge is 0.484 e. The monoisotopic (exact) mass is 305 g/mol. The molecule has 0 aromatic heterocycles. The van der Waals surface area contributed by atoms with E-state index in [2.05, 4.69) is 0 Å². The van der Waals surface area contributed by atoms with Crippen LogP contribution < -0.4 is 4.74 Å². The maximum absolute atomic E-state index is 11.7. The van der Waals surface area contributed by atoms with Crippen molar-refractivity contribution in [3.63, 3.8) is 0 Å². The molecular weight excluding hydrogens is 293 g/mol. The van der Waals surface area contributed by atoms with Gasteiger partial charge in [-0.3, -0.25) is 9.59 Å². The van der Waals surface area contributed by atoms with Crippen LogP contribution in [0.3, 0.4) is 0 Å². The van der Waals surface area contributed by atoms with Gasteiger partial charge in [0.2, 0.25) is 0 Å². The number of rotatable bonds is 6. The Morgan fingerprint density at radius 2 is 1.84 bits per heavy atom. The second-order valence-corrected chi connectivity index (χ2v) is 4.57. The molecule has 0 radical (unpaired) electrons. The molecule has 1 amide bonds. The molecule has 7 heteroatoms. The number of halogens is 2. The van der Waals surface area contributed by atoms with Crippen LogP contribution in [0.5, 0.6) is 5.75 Å². The first-order valence-electron chi connectivity index (χ1n) is 5.50. The van der Waals surface area contributed by atoms with Crippen molar-refractivity contribution in [2.75, 3.05) is 19.7 Å². The van der Waals surface area contributed by atoms with Gasteiger partial charge in [0, 0.05) is 16.6 Å². The van der Waals surface area contributed by atoms with Crippen molar-refractivity contribution < 1.29 is 19.4 Å². The van der Waals surface area contributed by atoms with Crippen molar-refractivity contribution in [3.05, 3.63) is 28.2 Å². The number of carboxylic acid groups (broad SMARTS) is 1. The highest BCUT2D eigenvalue weighted by molar-refractivity contribution is 6.34.